The lowest BCUT2D eigenvalue weighted by atomic mass is 9.99. The molecule has 1 aliphatic heterocycles. The first kappa shape index (κ1) is 21.6. The van der Waals surface area contributed by atoms with E-state index in [1.54, 1.807) is 0 Å². The Kier molecular flexibility index (Phi) is 8.90. The minimum absolute atomic E-state index is 0.333. The molecular weight excluding hydrogens is 332 g/mol. The number of ether oxygens (including phenoxy) is 3. The van der Waals surface area contributed by atoms with Gasteiger partial charge in [0.15, 0.2) is 12.6 Å². The maximum Gasteiger partial charge on any atom is 0.184 e. The minimum atomic E-state index is -1.69. The molecule has 0 aromatic rings. The van der Waals surface area contributed by atoms with Crippen LogP contribution in [0.2, 0.25) is 0 Å². The fraction of sp³-hybridized carbons (Fsp3) is 1.00. The van der Waals surface area contributed by atoms with Crippen LogP contribution in [0.1, 0.15) is 6.92 Å². The monoisotopic (exact) mass is 358 g/mol. The van der Waals surface area contributed by atoms with Crippen molar-refractivity contribution in [1.29, 1.82) is 0 Å². The molecule has 0 aromatic carbocycles. The molecule has 0 radical (unpaired) electrons. The van der Waals surface area contributed by atoms with Gasteiger partial charge in [0.25, 0.3) is 0 Å². The molecule has 11 nitrogen and oxygen atoms in total. The summed E-state index contributed by atoms with van der Waals surface area (Å²) in [6, 6.07) is 0. The molecule has 1 saturated heterocycles. The second-order valence-electron chi connectivity index (χ2n) is 5.54. The standard InChI is InChI=1S/C13H26O11/c1-5(23-7(3-15)9(17)6(16)2-14)22-4-8-10(18)11(19)12(20)13(21)24-8/h5-21H,2-4H2,1H3. The van der Waals surface area contributed by atoms with E-state index in [4.69, 9.17) is 24.4 Å². The highest BCUT2D eigenvalue weighted by atomic mass is 16.7. The van der Waals surface area contributed by atoms with Crippen molar-refractivity contribution >= 4 is 0 Å². The van der Waals surface area contributed by atoms with E-state index in [2.05, 4.69) is 0 Å². The Balaban J connectivity index is 2.48. The summed E-state index contributed by atoms with van der Waals surface area (Å²) in [5, 5.41) is 75.0. The Bertz CT molecular complexity index is 357. The molecule has 9 atom stereocenters. The Labute approximate surface area is 138 Å². The largest absolute Gasteiger partial charge is 0.394 e. The van der Waals surface area contributed by atoms with Crippen LogP contribution in [0.15, 0.2) is 0 Å². The Hall–Kier alpha value is -0.440. The van der Waals surface area contributed by atoms with E-state index in [0.717, 1.165) is 0 Å². The van der Waals surface area contributed by atoms with Crippen LogP contribution in [0, 0.1) is 0 Å². The first-order valence-corrected chi connectivity index (χ1v) is 7.45. The van der Waals surface area contributed by atoms with Gasteiger partial charge in [-0.3, -0.25) is 0 Å². The average molecular weight is 358 g/mol. The van der Waals surface area contributed by atoms with Gasteiger partial charge in [0, 0.05) is 0 Å². The summed E-state index contributed by atoms with van der Waals surface area (Å²) in [7, 11) is 0. The number of hydrogen-bond acceptors (Lipinski definition) is 11. The molecule has 0 saturated carbocycles. The summed E-state index contributed by atoms with van der Waals surface area (Å²) >= 11 is 0. The first-order chi connectivity index (χ1) is 11.2. The van der Waals surface area contributed by atoms with Gasteiger partial charge in [-0.25, -0.2) is 0 Å². The van der Waals surface area contributed by atoms with Crippen molar-refractivity contribution in [3.05, 3.63) is 0 Å². The molecule has 1 fully saturated rings. The molecule has 24 heavy (non-hydrogen) atoms. The van der Waals surface area contributed by atoms with Crippen molar-refractivity contribution in [3.8, 4) is 0 Å². The van der Waals surface area contributed by atoms with Gasteiger partial charge in [-0.05, 0) is 6.92 Å². The highest BCUT2D eigenvalue weighted by Crippen LogP contribution is 2.20. The molecule has 0 aliphatic carbocycles. The molecule has 0 spiro atoms. The van der Waals surface area contributed by atoms with Gasteiger partial charge in [-0.2, -0.15) is 0 Å². The second-order valence-corrected chi connectivity index (χ2v) is 5.54. The summed E-state index contributed by atoms with van der Waals surface area (Å²) in [5.74, 6) is 0. The zero-order valence-corrected chi connectivity index (χ0v) is 13.1. The van der Waals surface area contributed by atoms with Gasteiger partial charge in [0.1, 0.15) is 42.7 Å². The summed E-state index contributed by atoms with van der Waals surface area (Å²) in [6.45, 7) is -0.313. The molecule has 1 aliphatic rings. The molecule has 9 unspecified atom stereocenters. The first-order valence-electron chi connectivity index (χ1n) is 7.45. The van der Waals surface area contributed by atoms with Crippen LogP contribution < -0.4 is 0 Å². The Morgan fingerprint density at radius 1 is 0.958 bits per heavy atom. The number of aliphatic hydroxyl groups is 8. The summed E-state index contributed by atoms with van der Waals surface area (Å²) in [5.41, 5.74) is 0. The molecule has 11 heteroatoms. The SMILES string of the molecule is CC(OCC1OC(O)C(O)C(O)C1O)OC(CO)C(O)C(O)CO. The van der Waals surface area contributed by atoms with Crippen molar-refractivity contribution in [1.82, 2.24) is 0 Å². The summed E-state index contributed by atoms with van der Waals surface area (Å²) in [6.07, 6.45) is -13.0. The minimum Gasteiger partial charge on any atom is -0.394 e. The molecule has 0 aromatic heterocycles. The number of hydrogen-bond donors (Lipinski definition) is 8. The molecule has 144 valence electrons. The van der Waals surface area contributed by atoms with Crippen molar-refractivity contribution in [3.63, 3.8) is 0 Å². The Morgan fingerprint density at radius 3 is 2.12 bits per heavy atom. The Morgan fingerprint density at radius 2 is 1.58 bits per heavy atom. The van der Waals surface area contributed by atoms with E-state index >= 15 is 0 Å². The quantitative estimate of drug-likeness (QED) is 0.185. The van der Waals surface area contributed by atoms with Crippen molar-refractivity contribution < 1.29 is 55.1 Å². The van der Waals surface area contributed by atoms with Crippen LogP contribution in [0.4, 0.5) is 0 Å². The van der Waals surface area contributed by atoms with Crippen molar-refractivity contribution in [2.75, 3.05) is 19.8 Å². The van der Waals surface area contributed by atoms with Gasteiger partial charge in [0.2, 0.25) is 0 Å². The predicted octanol–water partition coefficient (Wildman–Crippen LogP) is -4.76. The van der Waals surface area contributed by atoms with Crippen LogP contribution in [0.3, 0.4) is 0 Å². The van der Waals surface area contributed by atoms with E-state index in [-0.39, 0.29) is 6.61 Å². The average Bonchev–Trinajstić information content (AvgIpc) is 2.58. The van der Waals surface area contributed by atoms with E-state index < -0.39 is 68.5 Å². The van der Waals surface area contributed by atoms with Gasteiger partial charge in [-0.1, -0.05) is 0 Å². The van der Waals surface area contributed by atoms with Gasteiger partial charge >= 0.3 is 0 Å². The lowest BCUT2D eigenvalue weighted by molar-refractivity contribution is -0.298. The summed E-state index contributed by atoms with van der Waals surface area (Å²) < 4.78 is 15.3. The highest BCUT2D eigenvalue weighted by Gasteiger charge is 2.43. The van der Waals surface area contributed by atoms with E-state index in [0.29, 0.717) is 0 Å². The fourth-order valence-electron chi connectivity index (χ4n) is 2.17. The third-order valence-corrected chi connectivity index (χ3v) is 3.69. The lowest BCUT2D eigenvalue weighted by Gasteiger charge is -2.38. The van der Waals surface area contributed by atoms with Crippen molar-refractivity contribution in [2.24, 2.45) is 0 Å². The van der Waals surface area contributed by atoms with Crippen molar-refractivity contribution in [2.45, 2.75) is 62.2 Å². The number of rotatable bonds is 9. The van der Waals surface area contributed by atoms with Crippen LogP contribution >= 0.6 is 0 Å². The molecular formula is C13H26O11. The van der Waals surface area contributed by atoms with Gasteiger partial charge in [-0.15, -0.1) is 0 Å². The van der Waals surface area contributed by atoms with Crippen LogP contribution in [0.25, 0.3) is 0 Å². The summed E-state index contributed by atoms with van der Waals surface area (Å²) in [4.78, 5) is 0. The predicted molar refractivity (Wildman–Crippen MR) is 75.4 cm³/mol. The highest BCUT2D eigenvalue weighted by molar-refractivity contribution is 4.88. The molecule has 1 heterocycles. The van der Waals surface area contributed by atoms with Gasteiger partial charge in [0.05, 0.1) is 19.8 Å². The zero-order chi connectivity index (χ0) is 18.4. The maximum atomic E-state index is 9.75. The molecule has 0 amide bonds. The number of aliphatic hydroxyl groups excluding tert-OH is 8. The van der Waals surface area contributed by atoms with E-state index in [9.17, 15) is 30.6 Å². The van der Waals surface area contributed by atoms with Gasteiger partial charge < -0.3 is 55.1 Å². The van der Waals surface area contributed by atoms with Crippen LogP contribution in [0.5, 0.6) is 0 Å². The van der Waals surface area contributed by atoms with E-state index in [1.807, 2.05) is 0 Å². The van der Waals surface area contributed by atoms with E-state index in [1.165, 1.54) is 6.92 Å². The third kappa shape index (κ3) is 5.54. The molecule has 0 bridgehead atoms. The van der Waals surface area contributed by atoms with Crippen LogP contribution in [-0.2, 0) is 14.2 Å². The van der Waals surface area contributed by atoms with Crippen LogP contribution in [-0.4, -0.2) is 116 Å². The zero-order valence-electron chi connectivity index (χ0n) is 13.1. The molecule has 1 rings (SSSR count). The smallest absolute Gasteiger partial charge is 0.184 e. The molecule has 8 N–H and O–H groups in total. The lowest BCUT2D eigenvalue weighted by Crippen LogP contribution is -2.58. The third-order valence-electron chi connectivity index (χ3n) is 3.69. The fourth-order valence-corrected chi connectivity index (χ4v) is 2.17. The maximum absolute atomic E-state index is 9.75. The topological polar surface area (TPSA) is 190 Å². The second kappa shape index (κ2) is 9.89. The normalized spacial score (nSPS) is 36.1.